The van der Waals surface area contributed by atoms with Gasteiger partial charge in [0.25, 0.3) is 0 Å². The Morgan fingerprint density at radius 3 is 0.808 bits per heavy atom. The Kier molecular flexibility index (Phi) is 6.04. The minimum absolute atomic E-state index is 1.56. The fourth-order valence-electron chi connectivity index (χ4n) is 0.891. The topological polar surface area (TPSA) is 52.6 Å². The fraction of sp³-hybridized carbons (Fsp3) is 0.750. The van der Waals surface area contributed by atoms with Gasteiger partial charge in [0.15, 0.2) is 0 Å². The third kappa shape index (κ3) is 4.15. The zero-order valence-corrected chi connectivity index (χ0v) is 10.9. The van der Waals surface area contributed by atoms with E-state index in [0.29, 0.717) is 0 Å². The van der Waals surface area contributed by atoms with Gasteiger partial charge in [-0.2, -0.15) is 61.5 Å². The Morgan fingerprint density at radius 1 is 0.500 bits per heavy atom. The minimum Gasteiger partial charge on any atom is -0.259 e. The molecule has 0 saturated heterocycles. The number of rotatable bonds is 7. The monoisotopic (exact) mass is 426 g/mol. The number of halogens is 14. The molecule has 0 heterocycles. The molecule has 0 aromatic carbocycles. The highest BCUT2D eigenvalue weighted by atomic mass is 19.4. The van der Waals surface area contributed by atoms with Crippen LogP contribution < -0.4 is 0 Å². The second-order valence-corrected chi connectivity index (χ2v) is 3.97. The van der Waals surface area contributed by atoms with Crippen molar-refractivity contribution in [3.63, 3.8) is 0 Å². The van der Waals surface area contributed by atoms with Crippen molar-refractivity contribution in [2.45, 2.75) is 36.3 Å². The summed E-state index contributed by atoms with van der Waals surface area (Å²) in [5.74, 6) is -13.7. The molecule has 2 atom stereocenters. The van der Waals surface area contributed by atoms with Crippen molar-refractivity contribution in [2.75, 3.05) is 0 Å². The molecule has 0 aliphatic carbocycles. The lowest BCUT2D eigenvalue weighted by molar-refractivity contribution is -0.511. The SMILES string of the molecule is O=C(F)C(F)(OC(F)(F)C(F)(F)OC(F)(C(=O)F)C(F)(F)F)C(F)(F)F. The van der Waals surface area contributed by atoms with Gasteiger partial charge in [-0.05, 0) is 0 Å². The molecule has 18 heteroatoms. The highest BCUT2D eigenvalue weighted by Gasteiger charge is 2.78. The Hall–Kier alpha value is -1.72. The lowest BCUT2D eigenvalue weighted by Gasteiger charge is -2.34. The van der Waals surface area contributed by atoms with Gasteiger partial charge in [-0.1, -0.05) is 0 Å². The summed E-state index contributed by atoms with van der Waals surface area (Å²) >= 11 is 0. The van der Waals surface area contributed by atoms with Crippen LogP contribution in [0.15, 0.2) is 0 Å². The minimum atomic E-state index is -7.39. The van der Waals surface area contributed by atoms with E-state index < -0.39 is 48.4 Å². The van der Waals surface area contributed by atoms with E-state index in [1.54, 1.807) is 9.47 Å². The molecule has 0 bridgehead atoms. The summed E-state index contributed by atoms with van der Waals surface area (Å²) in [7, 11) is 0. The van der Waals surface area contributed by atoms with Crippen molar-refractivity contribution in [1.29, 1.82) is 0 Å². The molecule has 0 N–H and O–H groups in total. The van der Waals surface area contributed by atoms with Gasteiger partial charge in [0.1, 0.15) is 0 Å². The second kappa shape index (κ2) is 6.46. The van der Waals surface area contributed by atoms with E-state index in [2.05, 4.69) is 0 Å². The largest absolute Gasteiger partial charge is 0.459 e. The Balaban J connectivity index is 6.04. The fourth-order valence-corrected chi connectivity index (χ4v) is 0.891. The number of carbonyl (C=O) groups is 2. The van der Waals surface area contributed by atoms with Crippen LogP contribution >= 0.6 is 0 Å². The number of hydrogen-bond acceptors (Lipinski definition) is 4. The quantitative estimate of drug-likeness (QED) is 0.461. The third-order valence-electron chi connectivity index (χ3n) is 2.11. The van der Waals surface area contributed by atoms with Crippen molar-refractivity contribution in [1.82, 2.24) is 0 Å². The first kappa shape index (κ1) is 24.3. The number of carbonyl (C=O) groups excluding carboxylic acids is 2. The molecule has 4 nitrogen and oxygen atoms in total. The lowest BCUT2D eigenvalue weighted by Crippen LogP contribution is -2.61. The molecule has 0 amide bonds. The van der Waals surface area contributed by atoms with E-state index in [1.807, 2.05) is 0 Å². The number of alkyl halides is 12. The van der Waals surface area contributed by atoms with E-state index in [0.717, 1.165) is 0 Å². The van der Waals surface area contributed by atoms with Gasteiger partial charge < -0.3 is 0 Å². The predicted molar refractivity (Wildman–Crippen MR) is 44.1 cm³/mol. The Labute approximate surface area is 130 Å². The number of hydrogen-bond donors (Lipinski definition) is 0. The average Bonchev–Trinajstić information content (AvgIpc) is 2.33. The molecule has 26 heavy (non-hydrogen) atoms. The van der Waals surface area contributed by atoms with Gasteiger partial charge >= 0.3 is 48.4 Å². The molecular weight excluding hydrogens is 426 g/mol. The summed E-state index contributed by atoms with van der Waals surface area (Å²) in [6.07, 6.45) is -29.1. The maximum atomic E-state index is 12.9. The molecule has 2 unspecified atom stereocenters. The van der Waals surface area contributed by atoms with Crippen LogP contribution in [0.1, 0.15) is 0 Å². The third-order valence-corrected chi connectivity index (χ3v) is 2.11. The molecule has 0 fully saturated rings. The molecule has 0 rings (SSSR count). The average molecular weight is 426 g/mol. The smallest absolute Gasteiger partial charge is 0.259 e. The first-order valence-corrected chi connectivity index (χ1v) is 5.12. The van der Waals surface area contributed by atoms with Crippen LogP contribution in [-0.4, -0.2) is 48.4 Å². The molecular formula is C8F14O4. The summed E-state index contributed by atoms with van der Waals surface area (Å²) in [6, 6.07) is -9.05. The first-order chi connectivity index (χ1) is 11.1. The highest BCUT2D eigenvalue weighted by molar-refractivity contribution is 5.78. The van der Waals surface area contributed by atoms with Gasteiger partial charge in [0.2, 0.25) is 0 Å². The maximum Gasteiger partial charge on any atom is 0.459 e. The van der Waals surface area contributed by atoms with Crippen LogP contribution in [0.5, 0.6) is 0 Å². The molecule has 0 aromatic rings. The van der Waals surface area contributed by atoms with Crippen molar-refractivity contribution in [3.05, 3.63) is 0 Å². The standard InChI is InChI=1S/C8F14O4/c9-1(23)3(11,5(13,14)15)25-7(19,20)8(21,22)26-4(12,2(10)24)6(16,17)18. The van der Waals surface area contributed by atoms with Crippen molar-refractivity contribution >= 4 is 12.1 Å². The lowest BCUT2D eigenvalue weighted by atomic mass is 10.3. The van der Waals surface area contributed by atoms with E-state index in [4.69, 9.17) is 0 Å². The normalized spacial score (nSPS) is 18.8. The summed E-state index contributed by atoms with van der Waals surface area (Å²) in [6.45, 7) is 0. The first-order valence-electron chi connectivity index (χ1n) is 5.12. The van der Waals surface area contributed by atoms with Crippen LogP contribution in [-0.2, 0) is 19.1 Å². The molecule has 0 radical (unpaired) electrons. The number of ether oxygens (including phenoxy) is 2. The van der Waals surface area contributed by atoms with Gasteiger partial charge in [0.05, 0.1) is 0 Å². The molecule has 0 aromatic heterocycles. The van der Waals surface area contributed by atoms with Crippen molar-refractivity contribution in [2.24, 2.45) is 0 Å². The zero-order chi connectivity index (χ0) is 21.6. The Bertz CT molecular complexity index is 516. The van der Waals surface area contributed by atoms with Crippen LogP contribution in [0.25, 0.3) is 0 Å². The molecule has 0 saturated carbocycles. The summed E-state index contributed by atoms with van der Waals surface area (Å²) in [4.78, 5) is 19.6. The predicted octanol–water partition coefficient (Wildman–Crippen LogP) is 3.65. The van der Waals surface area contributed by atoms with E-state index >= 15 is 0 Å². The Morgan fingerprint density at radius 2 is 0.692 bits per heavy atom. The van der Waals surface area contributed by atoms with Crippen LogP contribution in [0.3, 0.4) is 0 Å². The van der Waals surface area contributed by atoms with Crippen LogP contribution in [0, 0.1) is 0 Å². The molecule has 0 aliphatic heterocycles. The van der Waals surface area contributed by atoms with Gasteiger partial charge in [-0.15, -0.1) is 0 Å². The highest BCUT2D eigenvalue weighted by Crippen LogP contribution is 2.49. The van der Waals surface area contributed by atoms with Gasteiger partial charge in [0, 0.05) is 0 Å². The summed E-state index contributed by atoms with van der Waals surface area (Å²) in [5.41, 5.74) is 0. The molecule has 0 aliphatic rings. The van der Waals surface area contributed by atoms with Gasteiger partial charge in [-0.25, -0.2) is 0 Å². The van der Waals surface area contributed by atoms with E-state index in [-0.39, 0.29) is 0 Å². The molecule has 154 valence electrons. The summed E-state index contributed by atoms with van der Waals surface area (Å²) in [5, 5.41) is 0. The van der Waals surface area contributed by atoms with E-state index in [9.17, 15) is 71.1 Å². The molecule has 0 spiro atoms. The summed E-state index contributed by atoms with van der Waals surface area (Å²) < 4.78 is 176. The van der Waals surface area contributed by atoms with Crippen molar-refractivity contribution < 1.29 is 80.5 Å². The zero-order valence-electron chi connectivity index (χ0n) is 10.9. The van der Waals surface area contributed by atoms with Crippen LogP contribution in [0.4, 0.5) is 61.5 Å². The van der Waals surface area contributed by atoms with Crippen molar-refractivity contribution in [3.8, 4) is 0 Å². The second-order valence-electron chi connectivity index (χ2n) is 3.97. The van der Waals surface area contributed by atoms with Crippen LogP contribution in [0.2, 0.25) is 0 Å². The maximum absolute atomic E-state index is 12.9. The van der Waals surface area contributed by atoms with E-state index in [1.165, 1.54) is 0 Å². The van der Waals surface area contributed by atoms with Gasteiger partial charge in [-0.3, -0.25) is 19.1 Å².